The number of oxazole rings is 1. The molecule has 0 aliphatic carbocycles. The van der Waals surface area contributed by atoms with Crippen LogP contribution in [0.1, 0.15) is 5.56 Å². The van der Waals surface area contributed by atoms with Gasteiger partial charge in [0.15, 0.2) is 5.58 Å². The Morgan fingerprint density at radius 1 is 1.05 bits per heavy atom. The first kappa shape index (κ1) is 13.4. The Labute approximate surface area is 115 Å². The highest BCUT2D eigenvalue weighted by atomic mass is 35.5. The minimum absolute atomic E-state index is 0. The van der Waals surface area contributed by atoms with Gasteiger partial charge >= 0.3 is 5.76 Å². The molecule has 98 valence electrons. The fourth-order valence-electron chi connectivity index (χ4n) is 1.96. The highest BCUT2D eigenvalue weighted by molar-refractivity contribution is 5.85. The number of fused-ring (bicyclic) bond motifs is 1. The van der Waals surface area contributed by atoms with Gasteiger partial charge in [-0.3, -0.25) is 4.98 Å². The van der Waals surface area contributed by atoms with Gasteiger partial charge in [0.25, 0.3) is 0 Å². The summed E-state index contributed by atoms with van der Waals surface area (Å²) in [6, 6.07) is 13.6. The van der Waals surface area contributed by atoms with Crippen molar-refractivity contribution >= 4 is 23.5 Å². The summed E-state index contributed by atoms with van der Waals surface area (Å²) in [4.78, 5) is 13.7. The molecule has 0 spiro atoms. The smallest absolute Gasteiger partial charge is 0.408 e. The molecule has 2 aromatic carbocycles. The molecular weight excluding hydrogens is 264 g/mol. The molecule has 0 radical (unpaired) electrons. The Balaban J connectivity index is 0.00000133. The molecule has 0 atom stereocenters. The van der Waals surface area contributed by atoms with Crippen LogP contribution >= 0.6 is 12.4 Å². The van der Waals surface area contributed by atoms with Crippen molar-refractivity contribution in [2.75, 3.05) is 0 Å². The molecular formula is C14H13ClN2O2. The molecule has 0 unspecified atom stereocenters. The summed E-state index contributed by atoms with van der Waals surface area (Å²) in [6.45, 7) is 0.536. The molecule has 0 aliphatic heterocycles. The molecule has 19 heavy (non-hydrogen) atoms. The van der Waals surface area contributed by atoms with Gasteiger partial charge in [-0.1, -0.05) is 30.3 Å². The van der Waals surface area contributed by atoms with Gasteiger partial charge < -0.3 is 10.2 Å². The van der Waals surface area contributed by atoms with Crippen molar-refractivity contribution in [1.82, 2.24) is 4.98 Å². The van der Waals surface area contributed by atoms with Crippen LogP contribution in [0.15, 0.2) is 51.7 Å². The van der Waals surface area contributed by atoms with E-state index in [1.54, 1.807) is 6.07 Å². The maximum absolute atomic E-state index is 11.1. The number of benzene rings is 2. The molecule has 0 fully saturated rings. The molecule has 1 heterocycles. The third-order valence-electron chi connectivity index (χ3n) is 2.94. The van der Waals surface area contributed by atoms with Crippen LogP contribution < -0.4 is 11.5 Å². The average Bonchev–Trinajstić information content (AvgIpc) is 2.78. The number of hydrogen-bond donors (Lipinski definition) is 2. The van der Waals surface area contributed by atoms with Crippen molar-refractivity contribution < 1.29 is 4.42 Å². The van der Waals surface area contributed by atoms with Crippen molar-refractivity contribution in [3.63, 3.8) is 0 Å². The molecule has 3 aromatic rings. The molecule has 0 amide bonds. The van der Waals surface area contributed by atoms with Crippen LogP contribution in [0.2, 0.25) is 0 Å². The highest BCUT2D eigenvalue weighted by Gasteiger charge is 2.03. The van der Waals surface area contributed by atoms with Crippen molar-refractivity contribution in [3.05, 3.63) is 58.6 Å². The van der Waals surface area contributed by atoms with Crippen molar-refractivity contribution in [1.29, 1.82) is 0 Å². The minimum Gasteiger partial charge on any atom is -0.408 e. The third-order valence-corrected chi connectivity index (χ3v) is 2.94. The summed E-state index contributed by atoms with van der Waals surface area (Å²) in [5, 5.41) is 0. The van der Waals surface area contributed by atoms with Crippen molar-refractivity contribution in [2.45, 2.75) is 6.54 Å². The molecule has 0 aliphatic rings. The Kier molecular flexibility index (Phi) is 3.74. The second kappa shape index (κ2) is 5.30. The Morgan fingerprint density at radius 2 is 1.74 bits per heavy atom. The molecule has 3 N–H and O–H groups in total. The zero-order valence-electron chi connectivity index (χ0n) is 10.1. The van der Waals surface area contributed by atoms with E-state index in [1.165, 1.54) is 0 Å². The average molecular weight is 277 g/mol. The first-order valence-electron chi connectivity index (χ1n) is 5.68. The Morgan fingerprint density at radius 3 is 2.42 bits per heavy atom. The predicted molar refractivity (Wildman–Crippen MR) is 77.4 cm³/mol. The van der Waals surface area contributed by atoms with Crippen LogP contribution in [0.4, 0.5) is 0 Å². The number of nitrogens with two attached hydrogens (primary N) is 1. The maximum atomic E-state index is 11.1. The lowest BCUT2D eigenvalue weighted by Crippen LogP contribution is -1.95. The lowest BCUT2D eigenvalue weighted by Gasteiger charge is -2.02. The zero-order chi connectivity index (χ0) is 12.5. The van der Waals surface area contributed by atoms with E-state index in [-0.39, 0.29) is 12.4 Å². The summed E-state index contributed by atoms with van der Waals surface area (Å²) in [7, 11) is 0. The lowest BCUT2D eigenvalue weighted by atomic mass is 10.0. The second-order valence-electron chi connectivity index (χ2n) is 4.13. The Bertz CT molecular complexity index is 744. The van der Waals surface area contributed by atoms with Crippen LogP contribution in [0.25, 0.3) is 22.2 Å². The fourth-order valence-corrected chi connectivity index (χ4v) is 1.96. The van der Waals surface area contributed by atoms with Gasteiger partial charge in [0.1, 0.15) is 0 Å². The van der Waals surface area contributed by atoms with E-state index in [2.05, 4.69) is 4.98 Å². The SMILES string of the molecule is Cl.NCc1ccc(-c2ccc3oc(=O)[nH]c3c2)cc1. The van der Waals surface area contributed by atoms with E-state index in [9.17, 15) is 4.79 Å². The van der Waals surface area contributed by atoms with Gasteiger partial charge in [-0.25, -0.2) is 4.79 Å². The third kappa shape index (κ3) is 2.54. The van der Waals surface area contributed by atoms with Crippen LogP contribution in [-0.4, -0.2) is 4.98 Å². The molecule has 3 rings (SSSR count). The number of H-pyrrole nitrogens is 1. The summed E-state index contributed by atoms with van der Waals surface area (Å²) < 4.78 is 4.97. The van der Waals surface area contributed by atoms with Gasteiger partial charge in [-0.2, -0.15) is 0 Å². The van der Waals surface area contributed by atoms with Crippen LogP contribution in [0.3, 0.4) is 0 Å². The number of nitrogens with one attached hydrogen (secondary N) is 1. The topological polar surface area (TPSA) is 72.0 Å². The van der Waals surface area contributed by atoms with Crippen molar-refractivity contribution in [3.8, 4) is 11.1 Å². The molecule has 0 saturated carbocycles. The summed E-state index contributed by atoms with van der Waals surface area (Å²) in [5.41, 5.74) is 10.0. The number of rotatable bonds is 2. The fraction of sp³-hybridized carbons (Fsp3) is 0.0714. The molecule has 1 aromatic heterocycles. The number of halogens is 1. The zero-order valence-corrected chi connectivity index (χ0v) is 10.9. The van der Waals surface area contributed by atoms with Crippen molar-refractivity contribution in [2.24, 2.45) is 5.73 Å². The van der Waals surface area contributed by atoms with E-state index in [1.807, 2.05) is 36.4 Å². The monoisotopic (exact) mass is 276 g/mol. The van der Waals surface area contributed by atoms with Gasteiger partial charge in [-0.05, 0) is 28.8 Å². The van der Waals surface area contributed by atoms with E-state index in [4.69, 9.17) is 10.2 Å². The van der Waals surface area contributed by atoms with Crippen LogP contribution in [0.5, 0.6) is 0 Å². The van der Waals surface area contributed by atoms with E-state index in [0.717, 1.165) is 16.7 Å². The summed E-state index contributed by atoms with van der Waals surface area (Å²) in [6.07, 6.45) is 0. The summed E-state index contributed by atoms with van der Waals surface area (Å²) in [5.74, 6) is -0.430. The second-order valence-corrected chi connectivity index (χ2v) is 4.13. The van der Waals surface area contributed by atoms with E-state index < -0.39 is 5.76 Å². The standard InChI is InChI=1S/C14H12N2O2.ClH/c15-8-9-1-3-10(4-2-9)11-5-6-13-12(7-11)16-14(17)18-13;/h1-7H,8,15H2,(H,16,17);1H. The predicted octanol–water partition coefficient (Wildman–Crippen LogP) is 2.67. The largest absolute Gasteiger partial charge is 0.417 e. The first-order chi connectivity index (χ1) is 8.76. The molecule has 0 bridgehead atoms. The molecule has 4 nitrogen and oxygen atoms in total. The van der Waals surface area contributed by atoms with Crippen LogP contribution in [-0.2, 0) is 6.54 Å². The lowest BCUT2D eigenvalue weighted by molar-refractivity contribution is 0.555. The van der Waals surface area contributed by atoms with Gasteiger partial charge in [0.2, 0.25) is 0 Å². The number of hydrogen-bond acceptors (Lipinski definition) is 3. The number of aromatic nitrogens is 1. The first-order valence-corrected chi connectivity index (χ1v) is 5.68. The quantitative estimate of drug-likeness (QED) is 0.756. The normalized spacial score (nSPS) is 10.4. The van der Waals surface area contributed by atoms with Crippen LogP contribution in [0, 0.1) is 0 Å². The maximum Gasteiger partial charge on any atom is 0.417 e. The van der Waals surface area contributed by atoms with Gasteiger partial charge in [-0.15, -0.1) is 12.4 Å². The van der Waals surface area contributed by atoms with Gasteiger partial charge in [0.05, 0.1) is 5.52 Å². The Hall–Kier alpha value is -2.04. The highest BCUT2D eigenvalue weighted by Crippen LogP contribution is 2.23. The summed E-state index contributed by atoms with van der Waals surface area (Å²) >= 11 is 0. The van der Waals surface area contributed by atoms with E-state index >= 15 is 0 Å². The van der Waals surface area contributed by atoms with E-state index in [0.29, 0.717) is 17.6 Å². The van der Waals surface area contributed by atoms with Gasteiger partial charge in [0, 0.05) is 6.54 Å². The number of aromatic amines is 1. The molecule has 0 saturated heterocycles. The minimum atomic E-state index is -0.430. The molecule has 5 heteroatoms.